The summed E-state index contributed by atoms with van der Waals surface area (Å²) in [6.45, 7) is 5.43. The van der Waals surface area contributed by atoms with E-state index in [9.17, 15) is 4.79 Å². The molecule has 2 N–H and O–H groups in total. The third kappa shape index (κ3) is 2.67. The van der Waals surface area contributed by atoms with Crippen LogP contribution in [0.1, 0.15) is 25.2 Å². The highest BCUT2D eigenvalue weighted by Crippen LogP contribution is 2.28. The number of aliphatic carboxylic acids is 1. The van der Waals surface area contributed by atoms with Crippen molar-refractivity contribution in [3.8, 4) is 0 Å². The predicted octanol–water partition coefficient (Wildman–Crippen LogP) is 2.97. The first kappa shape index (κ1) is 13.0. The van der Waals surface area contributed by atoms with Crippen molar-refractivity contribution < 1.29 is 9.90 Å². The van der Waals surface area contributed by atoms with Crippen molar-refractivity contribution in [3.05, 3.63) is 29.6 Å². The molecule has 0 spiro atoms. The molecule has 0 saturated heterocycles. The summed E-state index contributed by atoms with van der Waals surface area (Å²) in [7, 11) is 0. The molecule has 0 bridgehead atoms. The monoisotopic (exact) mass is 264 g/mol. The molecule has 1 heterocycles. The largest absolute Gasteiger partial charge is 0.480 e. The van der Waals surface area contributed by atoms with Crippen LogP contribution in [0.2, 0.25) is 0 Å². The maximum Gasteiger partial charge on any atom is 0.319 e. The highest BCUT2D eigenvalue weighted by molar-refractivity contribution is 8.00. The standard InChI is InChI=1S/C13H16N2O2S/c1-8-4-5-9-10(6-8)15-11(14-9)7-18-13(2,3)12(16)17/h4-6H,7H2,1-3H3,(H,14,15)(H,16,17). The first-order chi connectivity index (χ1) is 8.38. The Morgan fingerprint density at radius 3 is 2.89 bits per heavy atom. The molecule has 0 aliphatic heterocycles. The highest BCUT2D eigenvalue weighted by Gasteiger charge is 2.27. The van der Waals surface area contributed by atoms with Crippen molar-refractivity contribution in [1.29, 1.82) is 0 Å². The number of aryl methyl sites for hydroxylation is 1. The summed E-state index contributed by atoms with van der Waals surface area (Å²) in [5, 5.41) is 9.04. The van der Waals surface area contributed by atoms with Gasteiger partial charge in [-0.2, -0.15) is 0 Å². The van der Waals surface area contributed by atoms with E-state index in [0.717, 1.165) is 16.9 Å². The fourth-order valence-electron chi connectivity index (χ4n) is 1.56. The number of carbonyl (C=O) groups is 1. The minimum Gasteiger partial charge on any atom is -0.480 e. The van der Waals surface area contributed by atoms with Crippen LogP contribution in [-0.4, -0.2) is 25.8 Å². The Hall–Kier alpha value is -1.49. The third-order valence-corrected chi connectivity index (χ3v) is 4.09. The number of rotatable bonds is 4. The van der Waals surface area contributed by atoms with Gasteiger partial charge in [0.2, 0.25) is 0 Å². The van der Waals surface area contributed by atoms with Crippen LogP contribution in [0.15, 0.2) is 18.2 Å². The molecule has 0 saturated carbocycles. The van der Waals surface area contributed by atoms with Crippen LogP contribution in [0.3, 0.4) is 0 Å². The molecule has 0 amide bonds. The second-order valence-corrected chi connectivity index (χ2v) is 6.41. The number of carboxylic acid groups (broad SMARTS) is 1. The third-order valence-electron chi connectivity index (χ3n) is 2.77. The van der Waals surface area contributed by atoms with Crippen LogP contribution < -0.4 is 0 Å². The summed E-state index contributed by atoms with van der Waals surface area (Å²) in [5.41, 5.74) is 3.10. The molecule has 0 aliphatic carbocycles. The van der Waals surface area contributed by atoms with Crippen LogP contribution >= 0.6 is 11.8 Å². The molecule has 0 unspecified atom stereocenters. The zero-order valence-corrected chi connectivity index (χ0v) is 11.5. The van der Waals surface area contributed by atoms with E-state index in [-0.39, 0.29) is 0 Å². The van der Waals surface area contributed by atoms with Crippen molar-refractivity contribution in [1.82, 2.24) is 9.97 Å². The molecule has 0 aliphatic rings. The number of aromatic amines is 1. The van der Waals surface area contributed by atoms with E-state index in [1.807, 2.05) is 25.1 Å². The number of benzene rings is 1. The van der Waals surface area contributed by atoms with E-state index in [1.165, 1.54) is 17.3 Å². The molecule has 5 heteroatoms. The van der Waals surface area contributed by atoms with E-state index in [4.69, 9.17) is 5.11 Å². The van der Waals surface area contributed by atoms with E-state index >= 15 is 0 Å². The van der Waals surface area contributed by atoms with Gasteiger partial charge < -0.3 is 10.1 Å². The normalized spacial score (nSPS) is 11.9. The topological polar surface area (TPSA) is 66.0 Å². The number of fused-ring (bicyclic) bond motifs is 1. The van der Waals surface area contributed by atoms with Gasteiger partial charge in [0, 0.05) is 0 Å². The van der Waals surface area contributed by atoms with Gasteiger partial charge in [0.1, 0.15) is 10.6 Å². The number of hydrogen-bond acceptors (Lipinski definition) is 3. The van der Waals surface area contributed by atoms with Gasteiger partial charge in [-0.3, -0.25) is 4.79 Å². The number of nitrogens with one attached hydrogen (secondary N) is 1. The number of H-pyrrole nitrogens is 1. The minimum absolute atomic E-state index is 0.563. The molecule has 0 fully saturated rings. The van der Waals surface area contributed by atoms with E-state index in [0.29, 0.717) is 5.75 Å². The van der Waals surface area contributed by atoms with Crippen LogP contribution in [-0.2, 0) is 10.5 Å². The number of thioether (sulfide) groups is 1. The van der Waals surface area contributed by atoms with Crippen LogP contribution in [0, 0.1) is 6.92 Å². The molecule has 0 radical (unpaired) electrons. The second kappa shape index (κ2) is 4.65. The van der Waals surface area contributed by atoms with E-state index in [2.05, 4.69) is 9.97 Å². The maximum atomic E-state index is 11.0. The number of hydrogen-bond donors (Lipinski definition) is 2. The van der Waals surface area contributed by atoms with Gasteiger partial charge in [0.05, 0.1) is 16.8 Å². The summed E-state index contributed by atoms with van der Waals surface area (Å²) >= 11 is 1.37. The molecule has 4 nitrogen and oxygen atoms in total. The molecule has 0 atom stereocenters. The fraction of sp³-hybridized carbons (Fsp3) is 0.385. The lowest BCUT2D eigenvalue weighted by Gasteiger charge is -2.17. The summed E-state index contributed by atoms with van der Waals surface area (Å²) in [4.78, 5) is 18.7. The Bertz CT molecular complexity index is 590. The van der Waals surface area contributed by atoms with Gasteiger partial charge in [0.15, 0.2) is 0 Å². The molecular formula is C13H16N2O2S. The Morgan fingerprint density at radius 2 is 2.22 bits per heavy atom. The molecule has 96 valence electrons. The van der Waals surface area contributed by atoms with E-state index < -0.39 is 10.7 Å². The second-order valence-electron chi connectivity index (χ2n) is 4.81. The molecule has 2 rings (SSSR count). The Balaban J connectivity index is 2.15. The van der Waals surface area contributed by atoms with Gasteiger partial charge >= 0.3 is 5.97 Å². The van der Waals surface area contributed by atoms with Crippen molar-refractivity contribution in [2.24, 2.45) is 0 Å². The van der Waals surface area contributed by atoms with Crippen molar-refractivity contribution in [2.45, 2.75) is 31.3 Å². The molecule has 1 aromatic carbocycles. The van der Waals surface area contributed by atoms with Crippen LogP contribution in [0.25, 0.3) is 11.0 Å². The lowest BCUT2D eigenvalue weighted by Crippen LogP contribution is -2.27. The maximum absolute atomic E-state index is 11.0. The summed E-state index contributed by atoms with van der Waals surface area (Å²) in [6.07, 6.45) is 0. The molecular weight excluding hydrogens is 248 g/mol. The lowest BCUT2D eigenvalue weighted by molar-refractivity contribution is -0.138. The molecule has 1 aromatic heterocycles. The SMILES string of the molecule is Cc1ccc2nc(CSC(C)(C)C(=O)O)[nH]c2c1. The number of aromatic nitrogens is 2. The van der Waals surface area contributed by atoms with Gasteiger partial charge in [0.25, 0.3) is 0 Å². The van der Waals surface area contributed by atoms with Gasteiger partial charge in [-0.25, -0.2) is 4.98 Å². The fourth-order valence-corrected chi connectivity index (χ4v) is 2.31. The van der Waals surface area contributed by atoms with Crippen molar-refractivity contribution >= 4 is 28.8 Å². The van der Waals surface area contributed by atoms with Crippen LogP contribution in [0.5, 0.6) is 0 Å². The Morgan fingerprint density at radius 1 is 1.50 bits per heavy atom. The Labute approximate surface area is 110 Å². The first-order valence-corrected chi connectivity index (χ1v) is 6.69. The average molecular weight is 264 g/mol. The Kier molecular flexibility index (Phi) is 3.34. The highest BCUT2D eigenvalue weighted by atomic mass is 32.2. The van der Waals surface area contributed by atoms with Crippen molar-refractivity contribution in [2.75, 3.05) is 0 Å². The van der Waals surface area contributed by atoms with Crippen LogP contribution in [0.4, 0.5) is 0 Å². The predicted molar refractivity (Wildman–Crippen MR) is 73.8 cm³/mol. The summed E-state index contributed by atoms with van der Waals surface area (Å²) < 4.78 is -0.797. The van der Waals surface area contributed by atoms with E-state index in [1.54, 1.807) is 13.8 Å². The zero-order valence-electron chi connectivity index (χ0n) is 10.7. The van der Waals surface area contributed by atoms with Gasteiger partial charge in [-0.05, 0) is 38.5 Å². The summed E-state index contributed by atoms with van der Waals surface area (Å²) in [6, 6.07) is 6.03. The average Bonchev–Trinajstić information content (AvgIpc) is 2.68. The first-order valence-electron chi connectivity index (χ1n) is 5.71. The zero-order chi connectivity index (χ0) is 13.3. The number of imidazole rings is 1. The smallest absolute Gasteiger partial charge is 0.319 e. The lowest BCUT2D eigenvalue weighted by atomic mass is 10.2. The number of carboxylic acids is 1. The summed E-state index contributed by atoms with van der Waals surface area (Å²) in [5.74, 6) is 0.571. The van der Waals surface area contributed by atoms with Gasteiger partial charge in [-0.1, -0.05) is 6.07 Å². The van der Waals surface area contributed by atoms with Crippen molar-refractivity contribution in [3.63, 3.8) is 0 Å². The molecule has 18 heavy (non-hydrogen) atoms. The quantitative estimate of drug-likeness (QED) is 0.891. The molecule has 2 aromatic rings. The minimum atomic E-state index is -0.806. The van der Waals surface area contributed by atoms with Gasteiger partial charge in [-0.15, -0.1) is 11.8 Å². The number of nitrogens with zero attached hydrogens (tertiary/aromatic N) is 1.